The number of hydrogen-bond acceptors (Lipinski definition) is 2. The van der Waals surface area contributed by atoms with Gasteiger partial charge in [-0.05, 0) is 13.8 Å². The SMILES string of the molecule is CC[NH+](CC)CC1O[C-]=NC1=O. The highest BCUT2D eigenvalue weighted by atomic mass is 16.5. The van der Waals surface area contributed by atoms with Crippen LogP contribution in [-0.2, 0) is 9.53 Å². The predicted molar refractivity (Wildman–Crippen MR) is 44.2 cm³/mol. The Balaban J connectivity index is 2.35. The monoisotopic (exact) mass is 170 g/mol. The summed E-state index contributed by atoms with van der Waals surface area (Å²) in [5.41, 5.74) is 0. The zero-order chi connectivity index (χ0) is 8.97. The minimum Gasteiger partial charge on any atom is -0.572 e. The van der Waals surface area contributed by atoms with E-state index in [0.717, 1.165) is 13.1 Å². The maximum absolute atomic E-state index is 11.0. The van der Waals surface area contributed by atoms with E-state index < -0.39 is 0 Å². The largest absolute Gasteiger partial charge is 0.572 e. The van der Waals surface area contributed by atoms with Crippen LogP contribution in [0.5, 0.6) is 0 Å². The van der Waals surface area contributed by atoms with Crippen molar-refractivity contribution < 1.29 is 14.4 Å². The van der Waals surface area contributed by atoms with Crippen molar-refractivity contribution >= 4 is 12.3 Å². The number of likely N-dealkylation sites (N-methyl/N-ethyl adjacent to an activating group) is 1. The molecular formula is C8H14N2O2. The number of ether oxygens (including phenoxy) is 1. The molecule has 0 aliphatic carbocycles. The number of aliphatic imine (C=N–C) groups is 1. The van der Waals surface area contributed by atoms with Gasteiger partial charge >= 0.3 is 0 Å². The lowest BCUT2D eigenvalue weighted by atomic mass is 10.3. The summed E-state index contributed by atoms with van der Waals surface area (Å²) in [4.78, 5) is 15.7. The molecule has 0 radical (unpaired) electrons. The van der Waals surface area contributed by atoms with Gasteiger partial charge in [0.1, 0.15) is 18.6 Å². The molecule has 1 heterocycles. The molecule has 1 unspecified atom stereocenters. The maximum atomic E-state index is 11.0. The molecule has 0 fully saturated rings. The van der Waals surface area contributed by atoms with Crippen LogP contribution in [0.15, 0.2) is 4.99 Å². The summed E-state index contributed by atoms with van der Waals surface area (Å²) in [6, 6.07) is 0. The molecule has 1 aliphatic rings. The first-order valence-corrected chi connectivity index (χ1v) is 4.26. The second-order valence-electron chi connectivity index (χ2n) is 2.81. The normalized spacial score (nSPS) is 21.9. The van der Waals surface area contributed by atoms with Gasteiger partial charge in [0.2, 0.25) is 0 Å². The molecule has 4 nitrogen and oxygen atoms in total. The Hall–Kier alpha value is -0.900. The molecule has 0 bridgehead atoms. The molecule has 1 N–H and O–H groups in total. The van der Waals surface area contributed by atoms with Crippen LogP contribution in [0, 0.1) is 0 Å². The summed E-state index contributed by atoms with van der Waals surface area (Å²) < 4.78 is 4.91. The van der Waals surface area contributed by atoms with Crippen LogP contribution >= 0.6 is 0 Å². The molecule has 1 rings (SSSR count). The van der Waals surface area contributed by atoms with Gasteiger partial charge in [0.05, 0.1) is 13.1 Å². The van der Waals surface area contributed by atoms with Gasteiger partial charge in [-0.1, -0.05) is 0 Å². The fourth-order valence-corrected chi connectivity index (χ4v) is 1.19. The molecule has 0 saturated carbocycles. The van der Waals surface area contributed by atoms with Gasteiger partial charge in [0, 0.05) is 6.40 Å². The van der Waals surface area contributed by atoms with Gasteiger partial charge in [-0.2, -0.15) is 0 Å². The van der Waals surface area contributed by atoms with Crippen molar-refractivity contribution in [1.82, 2.24) is 0 Å². The first kappa shape index (κ1) is 9.19. The number of amides is 1. The van der Waals surface area contributed by atoms with Gasteiger partial charge in [-0.3, -0.25) is 0 Å². The quantitative estimate of drug-likeness (QED) is 0.535. The number of nitrogens with zero attached hydrogens (tertiary/aromatic N) is 1. The zero-order valence-corrected chi connectivity index (χ0v) is 7.46. The molecule has 0 saturated heterocycles. The minimum atomic E-state index is -0.389. The molecule has 1 aliphatic heterocycles. The second-order valence-corrected chi connectivity index (χ2v) is 2.81. The lowest BCUT2D eigenvalue weighted by Gasteiger charge is -2.21. The Bertz CT molecular complexity index is 187. The number of hydrogen-bond donors (Lipinski definition) is 1. The molecule has 0 aromatic carbocycles. The fourth-order valence-electron chi connectivity index (χ4n) is 1.19. The Labute approximate surface area is 72.2 Å². The van der Waals surface area contributed by atoms with Crippen molar-refractivity contribution in [3.05, 3.63) is 0 Å². The highest BCUT2D eigenvalue weighted by Crippen LogP contribution is 1.97. The summed E-state index contributed by atoms with van der Waals surface area (Å²) in [5, 5.41) is 0. The lowest BCUT2D eigenvalue weighted by Crippen LogP contribution is -3.12. The third-order valence-electron chi connectivity index (χ3n) is 2.10. The average molecular weight is 170 g/mol. The summed E-state index contributed by atoms with van der Waals surface area (Å²) >= 11 is 0. The number of carbonyl (C=O) groups excluding carboxylic acids is 1. The molecule has 0 aromatic heterocycles. The fraction of sp³-hybridized carbons (Fsp3) is 0.750. The molecule has 4 heteroatoms. The zero-order valence-electron chi connectivity index (χ0n) is 7.46. The maximum Gasteiger partial charge on any atom is 0.137 e. The smallest absolute Gasteiger partial charge is 0.137 e. The van der Waals surface area contributed by atoms with Gasteiger partial charge in [0.15, 0.2) is 0 Å². The average Bonchev–Trinajstić information content (AvgIpc) is 2.47. The van der Waals surface area contributed by atoms with E-state index in [-0.39, 0.29) is 12.0 Å². The molecule has 1 atom stereocenters. The third-order valence-corrected chi connectivity index (χ3v) is 2.10. The van der Waals surface area contributed by atoms with Crippen molar-refractivity contribution in [3.8, 4) is 0 Å². The van der Waals surface area contributed by atoms with Crippen LogP contribution in [0.2, 0.25) is 0 Å². The van der Waals surface area contributed by atoms with Crippen molar-refractivity contribution in [2.75, 3.05) is 19.6 Å². The van der Waals surface area contributed by atoms with Crippen molar-refractivity contribution in [1.29, 1.82) is 0 Å². The van der Waals surface area contributed by atoms with E-state index >= 15 is 0 Å². The number of rotatable bonds is 4. The highest BCUT2D eigenvalue weighted by molar-refractivity contribution is 5.91. The van der Waals surface area contributed by atoms with Gasteiger partial charge in [0.25, 0.3) is 0 Å². The van der Waals surface area contributed by atoms with Crippen molar-refractivity contribution in [2.45, 2.75) is 20.0 Å². The summed E-state index contributed by atoms with van der Waals surface area (Å²) in [6.07, 6.45) is 1.85. The van der Waals surface area contributed by atoms with Crippen LogP contribution in [0.25, 0.3) is 0 Å². The van der Waals surface area contributed by atoms with E-state index in [1.54, 1.807) is 0 Å². The number of nitrogens with one attached hydrogen (secondary N) is 1. The van der Waals surface area contributed by atoms with E-state index in [2.05, 4.69) is 25.2 Å². The second kappa shape index (κ2) is 4.21. The van der Waals surface area contributed by atoms with Gasteiger partial charge in [-0.25, -0.2) is 0 Å². The summed E-state index contributed by atoms with van der Waals surface area (Å²) in [6.45, 7) is 6.88. The topological polar surface area (TPSA) is 43.1 Å². The molecule has 0 spiro atoms. The minimum absolute atomic E-state index is 0.200. The number of quaternary nitrogens is 1. The van der Waals surface area contributed by atoms with E-state index in [4.69, 9.17) is 4.74 Å². The Kier molecular flexibility index (Phi) is 3.22. The van der Waals surface area contributed by atoms with Crippen LogP contribution in [0.4, 0.5) is 0 Å². The van der Waals surface area contributed by atoms with Crippen LogP contribution in [0.1, 0.15) is 13.8 Å². The highest BCUT2D eigenvalue weighted by Gasteiger charge is 2.18. The third kappa shape index (κ3) is 2.04. The van der Waals surface area contributed by atoms with E-state index in [1.807, 2.05) is 0 Å². The van der Waals surface area contributed by atoms with Crippen LogP contribution in [-0.4, -0.2) is 38.0 Å². The molecule has 68 valence electrons. The van der Waals surface area contributed by atoms with E-state index in [0.29, 0.717) is 6.54 Å². The van der Waals surface area contributed by atoms with Crippen LogP contribution < -0.4 is 4.90 Å². The van der Waals surface area contributed by atoms with E-state index in [9.17, 15) is 4.79 Å². The standard InChI is InChI=1S/C8H13N2O2/c1-3-10(4-2)5-7-8(11)9-6-12-7/h7H,3-5H2,1-2H3/q-1/p+1. The van der Waals surface area contributed by atoms with Gasteiger partial charge in [-0.15, -0.1) is 0 Å². The molecule has 0 aromatic rings. The molecular weight excluding hydrogens is 156 g/mol. The number of carbonyl (C=O) groups is 1. The van der Waals surface area contributed by atoms with Crippen LogP contribution in [0.3, 0.4) is 0 Å². The van der Waals surface area contributed by atoms with Crippen molar-refractivity contribution in [2.24, 2.45) is 4.99 Å². The summed E-state index contributed by atoms with van der Waals surface area (Å²) in [7, 11) is 0. The van der Waals surface area contributed by atoms with Gasteiger partial charge < -0.3 is 19.4 Å². The Morgan fingerprint density at radius 2 is 2.25 bits per heavy atom. The Morgan fingerprint density at radius 1 is 1.58 bits per heavy atom. The molecule has 1 amide bonds. The Morgan fingerprint density at radius 3 is 2.67 bits per heavy atom. The van der Waals surface area contributed by atoms with E-state index in [1.165, 1.54) is 4.90 Å². The lowest BCUT2D eigenvalue weighted by molar-refractivity contribution is -0.898. The summed E-state index contributed by atoms with van der Waals surface area (Å²) in [5.74, 6) is -0.200. The first-order chi connectivity index (χ1) is 5.77. The van der Waals surface area contributed by atoms with Crippen molar-refractivity contribution in [3.63, 3.8) is 0 Å². The molecule has 12 heavy (non-hydrogen) atoms. The predicted octanol–water partition coefficient (Wildman–Crippen LogP) is -1.26. The first-order valence-electron chi connectivity index (χ1n) is 4.26.